The minimum atomic E-state index is -4.82. The molecule has 1 aromatic heterocycles. The zero-order valence-electron chi connectivity index (χ0n) is 20.5. The van der Waals surface area contributed by atoms with Crippen LogP contribution in [0.1, 0.15) is 42.7 Å². The van der Waals surface area contributed by atoms with Crippen LogP contribution >= 0.6 is 0 Å². The first-order valence-electron chi connectivity index (χ1n) is 11.2. The summed E-state index contributed by atoms with van der Waals surface area (Å²) in [5.41, 5.74) is -1.59. The molecule has 0 saturated carbocycles. The van der Waals surface area contributed by atoms with Crippen LogP contribution in [0, 0.1) is 5.92 Å². The largest absolute Gasteiger partial charge is 0.435 e. The lowest BCUT2D eigenvalue weighted by Gasteiger charge is -2.40. The predicted octanol–water partition coefficient (Wildman–Crippen LogP) is 4.21. The van der Waals surface area contributed by atoms with Crippen molar-refractivity contribution in [3.05, 3.63) is 47.7 Å². The van der Waals surface area contributed by atoms with E-state index in [1.54, 1.807) is 0 Å². The van der Waals surface area contributed by atoms with Crippen LogP contribution in [0.5, 0.6) is 5.75 Å². The summed E-state index contributed by atoms with van der Waals surface area (Å²) in [7, 11) is -8.33. The van der Waals surface area contributed by atoms with Crippen LogP contribution in [0.15, 0.2) is 46.3 Å². The Bertz CT molecular complexity index is 1420. The number of alkyl halides is 5. The SMILES string of the molecule is CC(C)(C1CCN(C(=O)c2ccc(OC(F)F)cc2S(C)(=O)=O)CC1)S(=O)(=O)c1cccc(C(F)(F)F)n1. The number of pyridine rings is 1. The fourth-order valence-corrected chi connectivity index (χ4v) is 6.90. The van der Waals surface area contributed by atoms with Gasteiger partial charge in [0, 0.05) is 19.3 Å². The van der Waals surface area contributed by atoms with Crippen LogP contribution in [0.4, 0.5) is 22.0 Å². The summed E-state index contributed by atoms with van der Waals surface area (Å²) in [5, 5.41) is -0.709. The van der Waals surface area contributed by atoms with E-state index in [0.29, 0.717) is 6.07 Å². The van der Waals surface area contributed by atoms with Gasteiger partial charge >= 0.3 is 12.8 Å². The maximum atomic E-state index is 13.3. The van der Waals surface area contributed by atoms with E-state index in [2.05, 4.69) is 9.72 Å². The Morgan fingerprint density at radius 2 is 1.66 bits per heavy atom. The van der Waals surface area contributed by atoms with Gasteiger partial charge in [0.1, 0.15) is 11.4 Å². The summed E-state index contributed by atoms with van der Waals surface area (Å²) >= 11 is 0. The van der Waals surface area contributed by atoms with Crippen LogP contribution < -0.4 is 4.74 Å². The molecule has 38 heavy (non-hydrogen) atoms. The van der Waals surface area contributed by atoms with Gasteiger partial charge in [-0.15, -0.1) is 0 Å². The highest BCUT2D eigenvalue weighted by atomic mass is 32.2. The van der Waals surface area contributed by atoms with E-state index in [-0.39, 0.29) is 31.5 Å². The Morgan fingerprint density at radius 1 is 1.05 bits per heavy atom. The number of carbonyl (C=O) groups is 1. The van der Waals surface area contributed by atoms with E-state index in [4.69, 9.17) is 0 Å². The van der Waals surface area contributed by atoms with Gasteiger partial charge in [-0.1, -0.05) is 6.07 Å². The lowest BCUT2D eigenvalue weighted by molar-refractivity contribution is -0.141. The van der Waals surface area contributed by atoms with E-state index in [1.807, 2.05) is 0 Å². The fraction of sp³-hybridized carbons (Fsp3) is 0.478. The molecule has 0 spiro atoms. The number of hydrogen-bond acceptors (Lipinski definition) is 7. The summed E-state index contributed by atoms with van der Waals surface area (Å²) in [6, 6.07) is 5.58. The lowest BCUT2D eigenvalue weighted by Crippen LogP contribution is -2.48. The summed E-state index contributed by atoms with van der Waals surface area (Å²) in [4.78, 5) is 17.3. The highest BCUT2D eigenvalue weighted by Gasteiger charge is 2.46. The number of rotatable bonds is 7. The molecule has 15 heteroatoms. The standard InChI is InChI=1S/C23H25F5N2O6S2/c1-22(2,38(34,35)19-6-4-5-18(29-19)23(26,27)28)14-9-11-30(12-10-14)20(31)16-8-7-15(36-21(24)25)13-17(16)37(3,32)33/h4-8,13-14,21H,9-12H2,1-3H3. The minimum absolute atomic E-state index is 0.0248. The van der Waals surface area contributed by atoms with Gasteiger partial charge in [-0.25, -0.2) is 21.8 Å². The molecule has 0 aliphatic carbocycles. The summed E-state index contributed by atoms with van der Waals surface area (Å²) in [6.07, 6.45) is -3.71. The highest BCUT2D eigenvalue weighted by Crippen LogP contribution is 2.39. The van der Waals surface area contributed by atoms with E-state index < -0.39 is 70.4 Å². The molecule has 3 rings (SSSR count). The number of carbonyl (C=O) groups excluding carboxylic acids is 1. The van der Waals surface area contributed by atoms with E-state index in [9.17, 15) is 43.6 Å². The molecule has 0 bridgehead atoms. The first-order chi connectivity index (χ1) is 17.4. The van der Waals surface area contributed by atoms with E-state index in [1.165, 1.54) is 18.7 Å². The fourth-order valence-electron chi connectivity index (χ4n) is 4.32. The molecular formula is C23H25F5N2O6S2. The zero-order valence-corrected chi connectivity index (χ0v) is 22.1. The van der Waals surface area contributed by atoms with Crippen molar-refractivity contribution in [1.82, 2.24) is 9.88 Å². The quantitative estimate of drug-likeness (QED) is 0.449. The van der Waals surface area contributed by atoms with Gasteiger partial charge < -0.3 is 9.64 Å². The molecule has 1 aromatic carbocycles. The number of halogens is 5. The molecule has 1 aliphatic rings. The Hall–Kier alpha value is -2.81. The topological polar surface area (TPSA) is 111 Å². The number of nitrogens with zero attached hydrogens (tertiary/aromatic N) is 2. The van der Waals surface area contributed by atoms with Crippen molar-refractivity contribution in [2.24, 2.45) is 5.92 Å². The average molecular weight is 585 g/mol. The van der Waals surface area contributed by atoms with Gasteiger partial charge in [0.25, 0.3) is 5.91 Å². The molecule has 0 radical (unpaired) electrons. The predicted molar refractivity (Wildman–Crippen MR) is 125 cm³/mol. The van der Waals surface area contributed by atoms with Gasteiger partial charge in [-0.05, 0) is 62.9 Å². The number of likely N-dealkylation sites (tertiary alicyclic amines) is 1. The van der Waals surface area contributed by atoms with Crippen molar-refractivity contribution in [3.63, 3.8) is 0 Å². The summed E-state index contributed by atoms with van der Waals surface area (Å²) in [6.45, 7) is -0.381. The van der Waals surface area contributed by atoms with Crippen LogP contribution in [0.3, 0.4) is 0 Å². The van der Waals surface area contributed by atoms with Crippen LogP contribution in [0.25, 0.3) is 0 Å². The number of benzene rings is 1. The molecule has 0 N–H and O–H groups in total. The molecule has 0 atom stereocenters. The van der Waals surface area contributed by atoms with Crippen LogP contribution in [-0.2, 0) is 25.9 Å². The molecule has 1 amide bonds. The summed E-state index contributed by atoms with van der Waals surface area (Å²) in [5.74, 6) is -1.71. The Labute approximate surface area is 216 Å². The lowest BCUT2D eigenvalue weighted by atomic mass is 9.85. The van der Waals surface area contributed by atoms with E-state index in [0.717, 1.165) is 36.6 Å². The highest BCUT2D eigenvalue weighted by molar-refractivity contribution is 7.92. The van der Waals surface area contributed by atoms with Crippen molar-refractivity contribution in [3.8, 4) is 5.75 Å². The number of amides is 1. The van der Waals surface area contributed by atoms with Crippen molar-refractivity contribution in [2.45, 2.75) is 54.1 Å². The molecule has 1 fully saturated rings. The van der Waals surface area contributed by atoms with Gasteiger partial charge in [0.2, 0.25) is 9.84 Å². The second-order valence-electron chi connectivity index (χ2n) is 9.34. The third-order valence-corrected chi connectivity index (χ3v) is 10.2. The smallest absolute Gasteiger partial charge is 0.433 e. The summed E-state index contributed by atoms with van der Waals surface area (Å²) < 4.78 is 118. The molecule has 210 valence electrons. The van der Waals surface area contributed by atoms with Gasteiger partial charge in [-0.2, -0.15) is 22.0 Å². The Balaban J connectivity index is 1.81. The number of ether oxygens (including phenoxy) is 1. The zero-order chi connectivity index (χ0) is 28.7. The molecule has 1 aliphatic heterocycles. The average Bonchev–Trinajstić information content (AvgIpc) is 2.82. The molecule has 1 saturated heterocycles. The van der Waals surface area contributed by atoms with Crippen molar-refractivity contribution < 1.29 is 48.3 Å². The number of sulfone groups is 2. The second-order valence-corrected chi connectivity index (χ2v) is 13.8. The van der Waals surface area contributed by atoms with Crippen molar-refractivity contribution >= 4 is 25.6 Å². The second kappa shape index (κ2) is 10.4. The van der Waals surface area contributed by atoms with E-state index >= 15 is 0 Å². The number of aromatic nitrogens is 1. The Morgan fingerprint density at radius 3 is 2.18 bits per heavy atom. The normalized spacial score (nSPS) is 16.1. The first-order valence-corrected chi connectivity index (χ1v) is 14.6. The molecular weight excluding hydrogens is 559 g/mol. The van der Waals surface area contributed by atoms with Gasteiger partial charge in [0.15, 0.2) is 14.9 Å². The number of hydrogen-bond donors (Lipinski definition) is 0. The van der Waals surface area contributed by atoms with Crippen molar-refractivity contribution in [2.75, 3.05) is 19.3 Å². The van der Waals surface area contributed by atoms with Crippen molar-refractivity contribution in [1.29, 1.82) is 0 Å². The minimum Gasteiger partial charge on any atom is -0.435 e. The van der Waals surface area contributed by atoms with Crippen LogP contribution in [-0.4, -0.2) is 63.3 Å². The monoisotopic (exact) mass is 584 g/mol. The first kappa shape index (κ1) is 29.7. The molecule has 0 unspecified atom stereocenters. The van der Waals surface area contributed by atoms with Gasteiger partial charge in [0.05, 0.1) is 15.2 Å². The number of piperidine rings is 1. The maximum Gasteiger partial charge on any atom is 0.433 e. The molecule has 2 aromatic rings. The third kappa shape index (κ3) is 6.08. The maximum absolute atomic E-state index is 13.3. The van der Waals surface area contributed by atoms with Crippen LogP contribution in [0.2, 0.25) is 0 Å². The Kier molecular flexibility index (Phi) is 8.14. The van der Waals surface area contributed by atoms with Gasteiger partial charge in [-0.3, -0.25) is 4.79 Å². The third-order valence-electron chi connectivity index (χ3n) is 6.56. The molecule has 8 nitrogen and oxygen atoms in total. The molecule has 2 heterocycles.